The number of hydrogen-bond donors (Lipinski definition) is 2. The van der Waals surface area contributed by atoms with Crippen LogP contribution >= 0.6 is 11.3 Å². The lowest BCUT2D eigenvalue weighted by Crippen LogP contribution is -2.45. The minimum atomic E-state index is -0.119. The van der Waals surface area contributed by atoms with Crippen LogP contribution in [0.15, 0.2) is 12.4 Å². The van der Waals surface area contributed by atoms with Crippen molar-refractivity contribution in [1.29, 1.82) is 0 Å². The number of anilines is 1. The van der Waals surface area contributed by atoms with Crippen molar-refractivity contribution in [2.75, 3.05) is 18.9 Å². The van der Waals surface area contributed by atoms with Gasteiger partial charge in [-0.05, 0) is 19.3 Å². The third-order valence-corrected chi connectivity index (χ3v) is 4.75. The quantitative estimate of drug-likeness (QED) is 0.869. The molecule has 1 atom stereocenters. The van der Waals surface area contributed by atoms with E-state index in [1.54, 1.807) is 17.3 Å². The molecule has 1 aliphatic rings. The minimum absolute atomic E-state index is 0.00690. The number of rotatable bonds is 2. The zero-order valence-electron chi connectivity index (χ0n) is 11.0. The summed E-state index contributed by atoms with van der Waals surface area (Å²) in [6.07, 6.45) is 5.99. The Balaban J connectivity index is 1.97. The first-order valence-electron chi connectivity index (χ1n) is 6.63. The van der Waals surface area contributed by atoms with Crippen LogP contribution in [0.1, 0.15) is 28.9 Å². The van der Waals surface area contributed by atoms with Gasteiger partial charge in [0, 0.05) is 18.9 Å². The highest BCUT2D eigenvalue weighted by atomic mass is 32.1. The van der Waals surface area contributed by atoms with Gasteiger partial charge in [0.15, 0.2) is 0 Å². The lowest BCUT2D eigenvalue weighted by molar-refractivity contribution is 0.0509. The van der Waals surface area contributed by atoms with Gasteiger partial charge >= 0.3 is 0 Å². The number of carbonyl (C=O) groups excluding carboxylic acids is 1. The largest absolute Gasteiger partial charge is 0.396 e. The Labute approximate surface area is 120 Å². The van der Waals surface area contributed by atoms with E-state index in [4.69, 9.17) is 5.73 Å². The van der Waals surface area contributed by atoms with Crippen LogP contribution in [0.3, 0.4) is 0 Å². The summed E-state index contributed by atoms with van der Waals surface area (Å²) in [6.45, 7) is 0.658. The van der Waals surface area contributed by atoms with E-state index in [2.05, 4.69) is 9.97 Å². The molecule has 7 heteroatoms. The molecule has 6 nitrogen and oxygen atoms in total. The fraction of sp³-hybridized carbons (Fsp3) is 0.462. The molecule has 0 aromatic carbocycles. The van der Waals surface area contributed by atoms with Crippen LogP contribution in [0.5, 0.6) is 0 Å². The first-order valence-corrected chi connectivity index (χ1v) is 7.45. The maximum absolute atomic E-state index is 12.6. The van der Waals surface area contributed by atoms with E-state index in [1.165, 1.54) is 11.3 Å². The van der Waals surface area contributed by atoms with Gasteiger partial charge in [-0.25, -0.2) is 9.97 Å². The number of nitrogens with two attached hydrogens (primary N) is 1. The molecule has 0 saturated carbocycles. The third-order valence-electron chi connectivity index (χ3n) is 3.66. The summed E-state index contributed by atoms with van der Waals surface area (Å²) in [4.78, 5) is 23.9. The number of aliphatic hydroxyl groups excluding tert-OH is 1. The summed E-state index contributed by atoms with van der Waals surface area (Å²) in [5.41, 5.74) is 7.01. The highest BCUT2D eigenvalue weighted by Crippen LogP contribution is 2.32. The summed E-state index contributed by atoms with van der Waals surface area (Å²) >= 11 is 1.27. The molecule has 2 aromatic rings. The standard InChI is InChI=1S/C13H16N4O2S/c14-9-10-12(16-5-4-15-10)20-11(9)13(19)17-6-2-1-3-8(17)7-18/h4-5,8,18H,1-3,6-7,14H2. The lowest BCUT2D eigenvalue weighted by Gasteiger charge is -2.34. The second kappa shape index (κ2) is 5.34. The Kier molecular flexibility index (Phi) is 3.54. The molecule has 1 aliphatic heterocycles. The van der Waals surface area contributed by atoms with Crippen LogP contribution in [0.4, 0.5) is 5.69 Å². The van der Waals surface area contributed by atoms with Crippen molar-refractivity contribution >= 4 is 33.3 Å². The van der Waals surface area contributed by atoms with E-state index in [9.17, 15) is 9.90 Å². The second-order valence-corrected chi connectivity index (χ2v) is 5.88. The maximum atomic E-state index is 12.6. The van der Waals surface area contributed by atoms with Gasteiger partial charge in [-0.2, -0.15) is 0 Å². The molecule has 1 saturated heterocycles. The molecule has 3 heterocycles. The van der Waals surface area contributed by atoms with Crippen LogP contribution in [-0.4, -0.2) is 45.1 Å². The van der Waals surface area contributed by atoms with Gasteiger partial charge in [0.1, 0.15) is 15.2 Å². The van der Waals surface area contributed by atoms with Crippen molar-refractivity contribution in [2.24, 2.45) is 0 Å². The molecule has 1 amide bonds. The molecule has 2 aromatic heterocycles. The number of hydrogen-bond acceptors (Lipinski definition) is 6. The van der Waals surface area contributed by atoms with Crippen LogP contribution in [0.25, 0.3) is 10.3 Å². The Morgan fingerprint density at radius 1 is 1.45 bits per heavy atom. The predicted octanol–water partition coefficient (Wildman–Crippen LogP) is 1.26. The summed E-state index contributed by atoms with van der Waals surface area (Å²) in [5.74, 6) is -0.119. The smallest absolute Gasteiger partial charge is 0.266 e. The maximum Gasteiger partial charge on any atom is 0.266 e. The van der Waals surface area contributed by atoms with Gasteiger partial charge in [-0.15, -0.1) is 11.3 Å². The molecule has 1 unspecified atom stereocenters. The van der Waals surface area contributed by atoms with Crippen LogP contribution in [0, 0.1) is 0 Å². The van der Waals surface area contributed by atoms with E-state index in [0.717, 1.165) is 19.3 Å². The molecule has 0 radical (unpaired) electrons. The zero-order valence-corrected chi connectivity index (χ0v) is 11.8. The molecule has 0 aliphatic carbocycles. The van der Waals surface area contributed by atoms with Gasteiger partial charge in [0.05, 0.1) is 18.3 Å². The summed E-state index contributed by atoms with van der Waals surface area (Å²) < 4.78 is 0. The van der Waals surface area contributed by atoms with Crippen molar-refractivity contribution in [3.63, 3.8) is 0 Å². The van der Waals surface area contributed by atoms with E-state index >= 15 is 0 Å². The zero-order chi connectivity index (χ0) is 14.1. The number of thiophene rings is 1. The van der Waals surface area contributed by atoms with Crippen molar-refractivity contribution in [3.05, 3.63) is 17.3 Å². The SMILES string of the molecule is Nc1c(C(=O)N2CCCCC2CO)sc2nccnc12. The summed E-state index contributed by atoms with van der Waals surface area (Å²) in [5, 5.41) is 9.42. The summed E-state index contributed by atoms with van der Waals surface area (Å²) in [7, 11) is 0. The Hall–Kier alpha value is -1.73. The van der Waals surface area contributed by atoms with Gasteiger partial charge in [0.2, 0.25) is 0 Å². The molecule has 0 bridgehead atoms. The second-order valence-electron chi connectivity index (χ2n) is 4.89. The predicted molar refractivity (Wildman–Crippen MR) is 77.6 cm³/mol. The molecule has 0 spiro atoms. The van der Waals surface area contributed by atoms with Crippen molar-refractivity contribution in [2.45, 2.75) is 25.3 Å². The number of aliphatic hydroxyl groups is 1. The fourth-order valence-electron chi connectivity index (χ4n) is 2.59. The lowest BCUT2D eigenvalue weighted by atomic mass is 10.0. The van der Waals surface area contributed by atoms with Crippen molar-refractivity contribution < 1.29 is 9.90 Å². The van der Waals surface area contributed by atoms with Gasteiger partial charge in [0.25, 0.3) is 5.91 Å². The Morgan fingerprint density at radius 3 is 3.00 bits per heavy atom. The van der Waals surface area contributed by atoms with E-state index in [-0.39, 0.29) is 18.6 Å². The van der Waals surface area contributed by atoms with E-state index < -0.39 is 0 Å². The average Bonchev–Trinajstić information content (AvgIpc) is 2.84. The normalized spacial score (nSPS) is 19.4. The number of aromatic nitrogens is 2. The number of fused-ring (bicyclic) bond motifs is 1. The van der Waals surface area contributed by atoms with E-state index in [0.29, 0.717) is 27.5 Å². The third kappa shape index (κ3) is 2.12. The van der Waals surface area contributed by atoms with Crippen molar-refractivity contribution in [1.82, 2.24) is 14.9 Å². The molecule has 20 heavy (non-hydrogen) atoms. The Morgan fingerprint density at radius 2 is 2.25 bits per heavy atom. The van der Waals surface area contributed by atoms with Gasteiger partial charge < -0.3 is 15.7 Å². The Bertz CT molecular complexity index is 642. The van der Waals surface area contributed by atoms with Gasteiger partial charge in [-0.1, -0.05) is 0 Å². The number of amides is 1. The molecular formula is C13H16N4O2S. The number of piperidine rings is 1. The van der Waals surface area contributed by atoms with E-state index in [1.807, 2.05) is 0 Å². The first kappa shape index (κ1) is 13.3. The van der Waals surface area contributed by atoms with Gasteiger partial charge in [-0.3, -0.25) is 4.79 Å². The topological polar surface area (TPSA) is 92.3 Å². The number of likely N-dealkylation sites (tertiary alicyclic amines) is 1. The average molecular weight is 292 g/mol. The molecule has 3 rings (SSSR count). The molecule has 1 fully saturated rings. The van der Waals surface area contributed by atoms with Crippen LogP contribution in [-0.2, 0) is 0 Å². The number of carbonyl (C=O) groups is 1. The van der Waals surface area contributed by atoms with Crippen LogP contribution < -0.4 is 5.73 Å². The first-order chi connectivity index (χ1) is 9.72. The number of nitrogens with zero attached hydrogens (tertiary/aromatic N) is 3. The fourth-order valence-corrected chi connectivity index (χ4v) is 3.57. The number of nitrogen functional groups attached to an aromatic ring is 1. The molecule has 3 N–H and O–H groups in total. The molecular weight excluding hydrogens is 276 g/mol. The molecule has 106 valence electrons. The summed E-state index contributed by atoms with van der Waals surface area (Å²) in [6, 6.07) is -0.109. The van der Waals surface area contributed by atoms with Crippen molar-refractivity contribution in [3.8, 4) is 0 Å². The monoisotopic (exact) mass is 292 g/mol. The van der Waals surface area contributed by atoms with Crippen LogP contribution in [0.2, 0.25) is 0 Å². The highest BCUT2D eigenvalue weighted by Gasteiger charge is 2.30. The highest BCUT2D eigenvalue weighted by molar-refractivity contribution is 7.21. The minimum Gasteiger partial charge on any atom is -0.396 e.